The fourth-order valence-electron chi connectivity index (χ4n) is 1.94. The Kier molecular flexibility index (Phi) is 6.25. The molecule has 3 N–H and O–H groups in total. The van der Waals surface area contributed by atoms with E-state index >= 15 is 0 Å². The first kappa shape index (κ1) is 18.8. The summed E-state index contributed by atoms with van der Waals surface area (Å²) < 4.78 is 5.17. The Morgan fingerprint density at radius 3 is 2.32 bits per heavy atom. The van der Waals surface area contributed by atoms with Crippen molar-refractivity contribution in [3.05, 3.63) is 0 Å². The standard InChI is InChI=1S/C14H24N2O5S/c1-7(2)9(16-13(20)21-14(3,4)5)10(17)11-15-8(6-22-11)12(18)19/h7-9,11,15H,6H2,1-5H3,(H,16,20)(H,18,19)/t8?,9-,11?/m0/s1. The number of carboxylic acids is 1. The maximum atomic E-state index is 12.5. The molecule has 1 fully saturated rings. The number of Topliss-reactive ketones (excluding diaryl/α,β-unsaturated/α-hetero) is 1. The number of hydrogen-bond acceptors (Lipinski definition) is 6. The second-order valence-electron chi connectivity index (χ2n) is 6.54. The third-order valence-corrected chi connectivity index (χ3v) is 4.21. The number of thioether (sulfide) groups is 1. The van der Waals surface area contributed by atoms with E-state index in [0.29, 0.717) is 5.75 Å². The Labute approximate surface area is 134 Å². The summed E-state index contributed by atoms with van der Waals surface area (Å²) in [6.07, 6.45) is -0.655. The van der Waals surface area contributed by atoms with Gasteiger partial charge in [0.05, 0.1) is 6.04 Å². The normalized spacial score (nSPS) is 23.2. The van der Waals surface area contributed by atoms with Crippen LogP contribution >= 0.6 is 11.8 Å². The highest BCUT2D eigenvalue weighted by molar-refractivity contribution is 8.00. The van der Waals surface area contributed by atoms with E-state index in [1.807, 2.05) is 13.8 Å². The molecule has 1 saturated heterocycles. The molecule has 0 aromatic carbocycles. The van der Waals surface area contributed by atoms with Crippen molar-refractivity contribution in [2.24, 2.45) is 5.92 Å². The van der Waals surface area contributed by atoms with Gasteiger partial charge < -0.3 is 15.2 Å². The van der Waals surface area contributed by atoms with Crippen LogP contribution in [0.15, 0.2) is 0 Å². The van der Waals surface area contributed by atoms with E-state index in [-0.39, 0.29) is 11.7 Å². The quantitative estimate of drug-likeness (QED) is 0.695. The minimum atomic E-state index is -0.982. The summed E-state index contributed by atoms with van der Waals surface area (Å²) >= 11 is 1.24. The molecule has 0 aliphatic carbocycles. The summed E-state index contributed by atoms with van der Waals surface area (Å²) in [6, 6.07) is -1.47. The lowest BCUT2D eigenvalue weighted by atomic mass is 9.99. The highest BCUT2D eigenvalue weighted by atomic mass is 32.2. The van der Waals surface area contributed by atoms with Crippen molar-refractivity contribution in [3.8, 4) is 0 Å². The zero-order valence-corrected chi connectivity index (χ0v) is 14.3. The number of carbonyl (C=O) groups excluding carboxylic acids is 2. The summed E-state index contributed by atoms with van der Waals surface area (Å²) in [6.45, 7) is 8.85. The van der Waals surface area contributed by atoms with Gasteiger partial charge in [0.25, 0.3) is 0 Å². The van der Waals surface area contributed by atoms with Crippen LogP contribution in [0, 0.1) is 5.92 Å². The largest absolute Gasteiger partial charge is 0.480 e. The summed E-state index contributed by atoms with van der Waals surface area (Å²) in [5, 5.41) is 13.7. The minimum absolute atomic E-state index is 0.133. The predicted octanol–water partition coefficient (Wildman–Crippen LogP) is 1.22. The van der Waals surface area contributed by atoms with Gasteiger partial charge in [-0.1, -0.05) is 13.8 Å². The molecule has 0 spiro atoms. The molecule has 0 aromatic heterocycles. The Morgan fingerprint density at radius 2 is 1.91 bits per heavy atom. The number of ether oxygens (including phenoxy) is 1. The summed E-state index contributed by atoms with van der Waals surface area (Å²) in [5.74, 6) is -1.03. The topological polar surface area (TPSA) is 105 Å². The van der Waals surface area contributed by atoms with Crippen molar-refractivity contribution in [2.45, 2.75) is 57.7 Å². The molecule has 0 radical (unpaired) electrons. The van der Waals surface area contributed by atoms with E-state index in [1.54, 1.807) is 20.8 Å². The first-order valence-electron chi connectivity index (χ1n) is 7.15. The van der Waals surface area contributed by atoms with E-state index in [9.17, 15) is 14.4 Å². The molecule has 1 amide bonds. The summed E-state index contributed by atoms with van der Waals surface area (Å²) in [4.78, 5) is 35.3. The van der Waals surface area contributed by atoms with E-state index in [0.717, 1.165) is 0 Å². The van der Waals surface area contributed by atoms with E-state index < -0.39 is 35.1 Å². The number of alkyl carbamates (subject to hydrolysis) is 1. The molecule has 0 saturated carbocycles. The van der Waals surface area contributed by atoms with Gasteiger partial charge in [0.1, 0.15) is 17.0 Å². The number of ketones is 1. The van der Waals surface area contributed by atoms with Crippen LogP contribution in [0.5, 0.6) is 0 Å². The van der Waals surface area contributed by atoms with Crippen molar-refractivity contribution in [1.29, 1.82) is 0 Å². The molecule has 1 heterocycles. The predicted molar refractivity (Wildman–Crippen MR) is 83.8 cm³/mol. The van der Waals surface area contributed by atoms with Gasteiger partial charge in [-0.3, -0.25) is 14.9 Å². The highest BCUT2D eigenvalue weighted by Crippen LogP contribution is 2.22. The molecule has 0 aromatic rings. The first-order valence-corrected chi connectivity index (χ1v) is 8.20. The van der Waals surface area contributed by atoms with Crippen molar-refractivity contribution in [2.75, 3.05) is 5.75 Å². The molecule has 1 rings (SSSR count). The number of amides is 1. The van der Waals surface area contributed by atoms with Gasteiger partial charge in [0, 0.05) is 5.75 Å². The van der Waals surface area contributed by atoms with Gasteiger partial charge in [0.2, 0.25) is 0 Å². The van der Waals surface area contributed by atoms with Crippen LogP contribution in [0.1, 0.15) is 34.6 Å². The Morgan fingerprint density at radius 1 is 1.32 bits per heavy atom. The van der Waals surface area contributed by atoms with Crippen LogP contribution < -0.4 is 10.6 Å². The van der Waals surface area contributed by atoms with Crippen LogP contribution in [0.3, 0.4) is 0 Å². The average molecular weight is 332 g/mol. The number of aliphatic carboxylic acids is 1. The zero-order valence-electron chi connectivity index (χ0n) is 13.5. The third kappa shape index (κ3) is 5.49. The Bertz CT molecular complexity index is 447. The molecule has 3 atom stereocenters. The SMILES string of the molecule is CC(C)[C@H](NC(=O)OC(C)(C)C)C(=O)C1NC(C(=O)O)CS1. The van der Waals surface area contributed by atoms with Crippen LogP contribution in [-0.2, 0) is 14.3 Å². The third-order valence-electron chi connectivity index (χ3n) is 2.98. The molecule has 0 bridgehead atoms. The number of hydrogen-bond donors (Lipinski definition) is 3. The van der Waals surface area contributed by atoms with Crippen LogP contribution in [0.25, 0.3) is 0 Å². The summed E-state index contributed by atoms with van der Waals surface area (Å²) in [7, 11) is 0. The van der Waals surface area contributed by atoms with Gasteiger partial charge in [-0.25, -0.2) is 4.79 Å². The smallest absolute Gasteiger partial charge is 0.408 e. The monoisotopic (exact) mass is 332 g/mol. The zero-order chi connectivity index (χ0) is 17.1. The van der Waals surface area contributed by atoms with Crippen molar-refractivity contribution >= 4 is 29.6 Å². The Balaban J connectivity index is 2.69. The summed E-state index contributed by atoms with van der Waals surface area (Å²) in [5.41, 5.74) is -0.649. The van der Waals surface area contributed by atoms with Crippen molar-refractivity contribution in [1.82, 2.24) is 10.6 Å². The lowest BCUT2D eigenvalue weighted by molar-refractivity contribution is -0.138. The maximum Gasteiger partial charge on any atom is 0.408 e. The molecular weight excluding hydrogens is 308 g/mol. The number of carbonyl (C=O) groups is 3. The van der Waals surface area contributed by atoms with E-state index in [4.69, 9.17) is 9.84 Å². The van der Waals surface area contributed by atoms with Gasteiger partial charge in [-0.2, -0.15) is 0 Å². The average Bonchev–Trinajstić information content (AvgIpc) is 2.82. The van der Waals surface area contributed by atoms with Crippen molar-refractivity contribution in [3.63, 3.8) is 0 Å². The second kappa shape index (κ2) is 7.32. The molecule has 1 aliphatic heterocycles. The molecule has 2 unspecified atom stereocenters. The van der Waals surface area contributed by atoms with Crippen molar-refractivity contribution < 1.29 is 24.2 Å². The van der Waals surface area contributed by atoms with E-state index in [2.05, 4.69) is 10.6 Å². The van der Waals surface area contributed by atoms with Gasteiger partial charge in [-0.15, -0.1) is 11.8 Å². The lowest BCUT2D eigenvalue weighted by Gasteiger charge is -2.26. The van der Waals surface area contributed by atoms with Crippen LogP contribution in [0.4, 0.5) is 4.79 Å². The Hall–Kier alpha value is -1.28. The van der Waals surface area contributed by atoms with Crippen LogP contribution in [0.2, 0.25) is 0 Å². The lowest BCUT2D eigenvalue weighted by Crippen LogP contribution is -2.52. The molecule has 7 nitrogen and oxygen atoms in total. The minimum Gasteiger partial charge on any atom is -0.480 e. The first-order chi connectivity index (χ1) is 10.0. The van der Waals surface area contributed by atoms with Gasteiger partial charge >= 0.3 is 12.1 Å². The number of rotatable bonds is 5. The van der Waals surface area contributed by atoms with Gasteiger partial charge in [-0.05, 0) is 26.7 Å². The van der Waals surface area contributed by atoms with Crippen LogP contribution in [-0.4, -0.2) is 51.8 Å². The fourth-order valence-corrected chi connectivity index (χ4v) is 3.14. The van der Waals surface area contributed by atoms with Gasteiger partial charge in [0.15, 0.2) is 5.78 Å². The molecule has 126 valence electrons. The highest BCUT2D eigenvalue weighted by Gasteiger charge is 2.38. The maximum absolute atomic E-state index is 12.5. The number of carboxylic acid groups (broad SMARTS) is 1. The molecule has 22 heavy (non-hydrogen) atoms. The second-order valence-corrected chi connectivity index (χ2v) is 7.68. The molecule has 1 aliphatic rings. The molecule has 8 heteroatoms. The molecular formula is C14H24N2O5S. The fraction of sp³-hybridized carbons (Fsp3) is 0.786. The number of nitrogens with one attached hydrogen (secondary N) is 2. The van der Waals surface area contributed by atoms with E-state index in [1.165, 1.54) is 11.8 Å².